The van der Waals surface area contributed by atoms with Gasteiger partial charge >= 0.3 is 0 Å². The maximum absolute atomic E-state index is 12.9. The van der Waals surface area contributed by atoms with Crippen molar-refractivity contribution in [2.24, 2.45) is 0 Å². The quantitative estimate of drug-likeness (QED) is 0.403. The second kappa shape index (κ2) is 9.37. The fourth-order valence-electron chi connectivity index (χ4n) is 3.70. The van der Waals surface area contributed by atoms with Crippen LogP contribution in [0, 0.1) is 0 Å². The Morgan fingerprint density at radius 3 is 2.34 bits per heavy atom. The molecular weight excluding hydrogens is 384 g/mol. The van der Waals surface area contributed by atoms with Crippen molar-refractivity contribution in [2.75, 3.05) is 26.2 Å². The Hall–Kier alpha value is -2.44. The predicted octanol–water partition coefficient (Wildman–Crippen LogP) is 4.07. The molecule has 154 valence electrons. The molecule has 0 radical (unpaired) electrons. The molecule has 1 atom stereocenters. The van der Waals surface area contributed by atoms with Gasteiger partial charge in [-0.15, -0.1) is 11.3 Å². The van der Waals surface area contributed by atoms with E-state index in [9.17, 15) is 14.7 Å². The molecule has 2 aromatic rings. The van der Waals surface area contributed by atoms with Gasteiger partial charge < -0.3 is 14.9 Å². The Kier molecular flexibility index (Phi) is 6.87. The topological polar surface area (TPSA) is 60.9 Å². The Balaban J connectivity index is 2.02. The fourth-order valence-corrected chi connectivity index (χ4v) is 4.54. The molecule has 1 aromatic carbocycles. The average Bonchev–Trinajstić information content (AvgIpc) is 3.36. The van der Waals surface area contributed by atoms with Crippen molar-refractivity contribution in [1.82, 2.24) is 9.80 Å². The van der Waals surface area contributed by atoms with Crippen molar-refractivity contribution in [1.29, 1.82) is 0 Å². The lowest BCUT2D eigenvalue weighted by Gasteiger charge is -2.27. The molecule has 1 unspecified atom stereocenters. The molecule has 0 saturated carbocycles. The van der Waals surface area contributed by atoms with Gasteiger partial charge in [-0.25, -0.2) is 0 Å². The molecule has 0 bridgehead atoms. The first kappa shape index (κ1) is 21.3. The molecule has 1 aliphatic rings. The first-order chi connectivity index (χ1) is 14.0. The van der Waals surface area contributed by atoms with E-state index in [4.69, 9.17) is 0 Å². The summed E-state index contributed by atoms with van der Waals surface area (Å²) in [7, 11) is 0. The predicted molar refractivity (Wildman–Crippen MR) is 117 cm³/mol. The zero-order valence-electron chi connectivity index (χ0n) is 17.2. The molecule has 1 fully saturated rings. The summed E-state index contributed by atoms with van der Waals surface area (Å²) >= 11 is 1.49. The van der Waals surface area contributed by atoms with Crippen molar-refractivity contribution in [3.05, 3.63) is 63.4 Å². The van der Waals surface area contributed by atoms with E-state index in [1.807, 2.05) is 41.8 Å². The number of likely N-dealkylation sites (N-methyl/N-ethyl adjacent to an activating group) is 1. The Bertz CT molecular complexity index is 883. The molecule has 1 aromatic heterocycles. The molecule has 2 heterocycles. The minimum absolute atomic E-state index is 0.102. The minimum Gasteiger partial charge on any atom is -0.507 e. The van der Waals surface area contributed by atoms with E-state index >= 15 is 0 Å². The van der Waals surface area contributed by atoms with Crippen LogP contribution in [0.15, 0.2) is 47.4 Å². The molecule has 0 spiro atoms. The number of benzene rings is 1. The Morgan fingerprint density at radius 2 is 1.79 bits per heavy atom. The number of hydrogen-bond donors (Lipinski definition) is 1. The van der Waals surface area contributed by atoms with Crippen LogP contribution >= 0.6 is 11.3 Å². The monoisotopic (exact) mass is 412 g/mol. The van der Waals surface area contributed by atoms with Gasteiger partial charge in [0.05, 0.1) is 11.6 Å². The van der Waals surface area contributed by atoms with Gasteiger partial charge in [-0.3, -0.25) is 9.59 Å². The van der Waals surface area contributed by atoms with Crippen molar-refractivity contribution in [3.8, 4) is 0 Å². The number of likely N-dealkylation sites (tertiary alicyclic amines) is 1. The summed E-state index contributed by atoms with van der Waals surface area (Å²) in [5.74, 6) is -1.25. The third kappa shape index (κ3) is 4.28. The number of thiophene rings is 1. The summed E-state index contributed by atoms with van der Waals surface area (Å²) in [6.07, 6.45) is 0.895. The fraction of sp³-hybridized carbons (Fsp3) is 0.391. The van der Waals surface area contributed by atoms with Gasteiger partial charge in [-0.1, -0.05) is 51.1 Å². The van der Waals surface area contributed by atoms with Crippen molar-refractivity contribution < 1.29 is 14.7 Å². The second-order valence-corrected chi connectivity index (χ2v) is 8.06. The zero-order chi connectivity index (χ0) is 21.0. The van der Waals surface area contributed by atoms with Gasteiger partial charge in [-0.05, 0) is 36.5 Å². The maximum Gasteiger partial charge on any atom is 0.295 e. The number of hydrogen-bond acceptors (Lipinski definition) is 5. The largest absolute Gasteiger partial charge is 0.507 e. The summed E-state index contributed by atoms with van der Waals surface area (Å²) in [5.41, 5.74) is 1.89. The van der Waals surface area contributed by atoms with Gasteiger partial charge in [0.25, 0.3) is 11.7 Å². The molecule has 6 heteroatoms. The third-order valence-electron chi connectivity index (χ3n) is 5.54. The van der Waals surface area contributed by atoms with E-state index in [1.54, 1.807) is 4.90 Å². The molecule has 5 nitrogen and oxygen atoms in total. The van der Waals surface area contributed by atoms with Crippen LogP contribution in [0.3, 0.4) is 0 Å². The van der Waals surface area contributed by atoms with Crippen LogP contribution in [-0.4, -0.2) is 52.8 Å². The number of Topliss-reactive ketones (excluding diaryl/α,β-unsaturated/α-hetero) is 1. The van der Waals surface area contributed by atoms with E-state index in [2.05, 4.69) is 25.7 Å². The first-order valence-corrected chi connectivity index (χ1v) is 11.0. The Labute approximate surface area is 176 Å². The number of aliphatic hydroxyl groups excluding tert-OH is 1. The lowest BCUT2D eigenvalue weighted by Crippen LogP contribution is -2.37. The van der Waals surface area contributed by atoms with E-state index in [-0.39, 0.29) is 11.3 Å². The molecular formula is C23H28N2O3S. The number of aryl methyl sites for hydroxylation is 1. The van der Waals surface area contributed by atoms with Crippen molar-refractivity contribution >= 4 is 28.8 Å². The van der Waals surface area contributed by atoms with E-state index < -0.39 is 17.7 Å². The number of carbonyl (C=O) groups is 2. The highest BCUT2D eigenvalue weighted by Crippen LogP contribution is 2.40. The minimum atomic E-state index is -0.611. The van der Waals surface area contributed by atoms with Gasteiger partial charge in [0.15, 0.2) is 0 Å². The van der Waals surface area contributed by atoms with Gasteiger partial charge in [-0.2, -0.15) is 0 Å². The number of ketones is 1. The summed E-state index contributed by atoms with van der Waals surface area (Å²) in [6, 6.07) is 10.8. The number of rotatable bonds is 8. The highest BCUT2D eigenvalue weighted by Gasteiger charge is 2.46. The summed E-state index contributed by atoms with van der Waals surface area (Å²) in [6.45, 7) is 9.12. The lowest BCUT2D eigenvalue weighted by atomic mass is 9.99. The Morgan fingerprint density at radius 1 is 1.10 bits per heavy atom. The van der Waals surface area contributed by atoms with Gasteiger partial charge in [0.2, 0.25) is 0 Å². The first-order valence-electron chi connectivity index (χ1n) is 10.1. The number of nitrogens with zero attached hydrogens (tertiary/aromatic N) is 2. The molecule has 3 rings (SSSR count). The van der Waals surface area contributed by atoms with Crippen LogP contribution in [0.1, 0.15) is 42.8 Å². The maximum atomic E-state index is 12.9. The third-order valence-corrected chi connectivity index (χ3v) is 6.46. The smallest absolute Gasteiger partial charge is 0.295 e. The molecule has 0 aliphatic carbocycles. The molecule has 1 N–H and O–H groups in total. The van der Waals surface area contributed by atoms with E-state index in [1.165, 1.54) is 11.3 Å². The van der Waals surface area contributed by atoms with Crippen molar-refractivity contribution in [3.63, 3.8) is 0 Å². The molecule has 1 saturated heterocycles. The number of aliphatic hydroxyl groups is 1. The van der Waals surface area contributed by atoms with Crippen LogP contribution < -0.4 is 0 Å². The summed E-state index contributed by atoms with van der Waals surface area (Å²) in [4.78, 5) is 30.5. The van der Waals surface area contributed by atoms with E-state index in [0.29, 0.717) is 18.7 Å². The molecule has 29 heavy (non-hydrogen) atoms. The zero-order valence-corrected chi connectivity index (χ0v) is 18.0. The molecule has 1 amide bonds. The van der Waals surface area contributed by atoms with Gasteiger partial charge in [0, 0.05) is 23.5 Å². The van der Waals surface area contributed by atoms with Crippen molar-refractivity contribution in [2.45, 2.75) is 33.2 Å². The highest BCUT2D eigenvalue weighted by molar-refractivity contribution is 7.10. The van der Waals surface area contributed by atoms with Gasteiger partial charge in [0.1, 0.15) is 5.76 Å². The number of carbonyl (C=O) groups excluding carboxylic acids is 2. The highest BCUT2D eigenvalue weighted by atomic mass is 32.1. The average molecular weight is 413 g/mol. The van der Waals surface area contributed by atoms with E-state index in [0.717, 1.165) is 30.0 Å². The van der Waals surface area contributed by atoms with Crippen LogP contribution in [0.2, 0.25) is 0 Å². The standard InChI is InChI=1S/C23H28N2O3S/c1-4-16-9-11-17(12-10-16)21(26)19-20(18-8-7-15-29-18)25(23(28)22(19)27)14-13-24(5-2)6-3/h7-12,15,20,26H,4-6,13-14H2,1-3H3/b21-19-. The normalized spacial score (nSPS) is 18.8. The van der Waals surface area contributed by atoms with Crippen LogP contribution in [0.25, 0.3) is 5.76 Å². The molecule has 1 aliphatic heterocycles. The number of amides is 1. The summed E-state index contributed by atoms with van der Waals surface area (Å²) in [5, 5.41) is 12.9. The lowest BCUT2D eigenvalue weighted by molar-refractivity contribution is -0.140. The van der Waals surface area contributed by atoms with Crippen LogP contribution in [0.5, 0.6) is 0 Å². The summed E-state index contributed by atoms with van der Waals surface area (Å²) < 4.78 is 0. The SMILES string of the molecule is CCc1ccc(/C(O)=C2/C(=O)C(=O)N(CCN(CC)CC)C2c2cccs2)cc1. The van der Waals surface area contributed by atoms with Crippen LogP contribution in [0.4, 0.5) is 0 Å². The van der Waals surface area contributed by atoms with Crippen LogP contribution in [-0.2, 0) is 16.0 Å². The second-order valence-electron chi connectivity index (χ2n) is 7.09.